The summed E-state index contributed by atoms with van der Waals surface area (Å²) in [6.45, 7) is 7.07. The molecule has 2 N–H and O–H groups in total. The molecule has 1 saturated carbocycles. The Morgan fingerprint density at radius 3 is 2.91 bits per heavy atom. The Balaban J connectivity index is 1.17. The van der Waals surface area contributed by atoms with Crippen molar-refractivity contribution in [2.45, 2.75) is 57.2 Å². The Morgan fingerprint density at radius 1 is 1.25 bits per heavy atom. The van der Waals surface area contributed by atoms with Gasteiger partial charge in [-0.2, -0.15) is 5.26 Å². The van der Waals surface area contributed by atoms with E-state index in [2.05, 4.69) is 27.4 Å². The highest BCUT2D eigenvalue weighted by molar-refractivity contribution is 5.81. The Labute approximate surface area is 190 Å². The molecule has 1 aliphatic carbocycles. The largest absolute Gasteiger partial charge is 0.366 e. The van der Waals surface area contributed by atoms with Gasteiger partial charge >= 0.3 is 0 Å². The number of nitriles is 1. The number of halogens is 1. The second kappa shape index (κ2) is 8.99. The van der Waals surface area contributed by atoms with Crippen molar-refractivity contribution < 1.29 is 9.18 Å². The lowest BCUT2D eigenvalue weighted by molar-refractivity contribution is -0.133. The third-order valence-corrected chi connectivity index (χ3v) is 8.28. The number of nitrogens with one attached hydrogen (secondary N) is 2. The molecule has 0 spiro atoms. The van der Waals surface area contributed by atoms with Gasteiger partial charge in [0.2, 0.25) is 5.91 Å². The first-order valence-electron chi connectivity index (χ1n) is 12.3. The van der Waals surface area contributed by atoms with E-state index in [9.17, 15) is 9.18 Å². The van der Waals surface area contributed by atoms with Crippen molar-refractivity contribution >= 4 is 11.6 Å². The van der Waals surface area contributed by atoms with E-state index in [1.807, 2.05) is 12.1 Å². The fourth-order valence-electron chi connectivity index (χ4n) is 6.71. The molecule has 1 amide bonds. The van der Waals surface area contributed by atoms with Gasteiger partial charge in [0.25, 0.3) is 0 Å². The molecule has 3 saturated heterocycles. The second-order valence-corrected chi connectivity index (χ2v) is 10.3. The lowest BCUT2D eigenvalue weighted by Crippen LogP contribution is -2.64. The van der Waals surface area contributed by atoms with E-state index in [1.54, 1.807) is 6.07 Å². The van der Waals surface area contributed by atoms with Crippen LogP contribution < -0.4 is 15.5 Å². The zero-order valence-corrected chi connectivity index (χ0v) is 18.9. The second-order valence-electron chi connectivity index (χ2n) is 10.3. The lowest BCUT2D eigenvalue weighted by Gasteiger charge is -2.50. The maximum absolute atomic E-state index is 14.1. The molecule has 0 aromatic heterocycles. The molecule has 5 unspecified atom stereocenters. The number of amides is 1. The highest BCUT2D eigenvalue weighted by atomic mass is 19.1. The van der Waals surface area contributed by atoms with Crippen LogP contribution in [0.25, 0.3) is 0 Å². The van der Waals surface area contributed by atoms with Crippen LogP contribution in [0.15, 0.2) is 18.2 Å². The minimum absolute atomic E-state index is 0.0974. The summed E-state index contributed by atoms with van der Waals surface area (Å²) in [6, 6.07) is 7.79. The molecule has 5 rings (SSSR count). The Bertz CT molecular complexity index is 901. The zero-order valence-electron chi connectivity index (χ0n) is 18.9. The number of piperazine rings is 1. The first kappa shape index (κ1) is 21.7. The number of benzene rings is 1. The summed E-state index contributed by atoms with van der Waals surface area (Å²) in [5.74, 6) is 1.18. The van der Waals surface area contributed by atoms with Crippen molar-refractivity contribution in [3.8, 4) is 6.07 Å². The molecule has 3 aliphatic heterocycles. The van der Waals surface area contributed by atoms with Gasteiger partial charge in [-0.25, -0.2) is 4.39 Å². The number of anilines is 1. The van der Waals surface area contributed by atoms with Crippen LogP contribution in [0, 0.1) is 34.9 Å². The first-order chi connectivity index (χ1) is 15.5. The third kappa shape index (κ3) is 4.11. The number of carbonyl (C=O) groups excluding carboxylic acids is 1. The van der Waals surface area contributed by atoms with Crippen LogP contribution in [0.5, 0.6) is 0 Å². The predicted octanol–water partition coefficient (Wildman–Crippen LogP) is 2.49. The zero-order chi connectivity index (χ0) is 22.2. The van der Waals surface area contributed by atoms with E-state index in [4.69, 9.17) is 5.26 Å². The molecule has 7 heteroatoms. The van der Waals surface area contributed by atoms with Gasteiger partial charge in [0, 0.05) is 50.0 Å². The number of rotatable bonds is 3. The first-order valence-corrected chi connectivity index (χ1v) is 12.3. The molecule has 32 heavy (non-hydrogen) atoms. The summed E-state index contributed by atoms with van der Waals surface area (Å²) in [5.41, 5.74) is 0.953. The Kier molecular flexibility index (Phi) is 6.09. The maximum Gasteiger partial charge on any atom is 0.224 e. The molecule has 1 aromatic rings. The summed E-state index contributed by atoms with van der Waals surface area (Å²) in [6.07, 6.45) is 5.65. The smallest absolute Gasteiger partial charge is 0.224 e. The number of nitrogens with zero attached hydrogens (tertiary/aromatic N) is 3. The van der Waals surface area contributed by atoms with E-state index in [0.717, 1.165) is 57.7 Å². The average molecular weight is 440 g/mol. The summed E-state index contributed by atoms with van der Waals surface area (Å²) in [7, 11) is 0. The van der Waals surface area contributed by atoms with Gasteiger partial charge in [0.15, 0.2) is 0 Å². The standard InChI is InChI=1S/C25H34FN5O/c1-16-14-30(9-10-31(16)19-6-5-18(13-27)22(26)12-19)15-17-4-7-20-23(11-17)29-25(32)21-3-2-8-28-24(20)21/h5-6,12,16-17,20-21,23-24,28H,2-4,7-11,14-15H2,1H3,(H,29,32)/t16-,17?,20?,21?,23?,24?/m1/s1. The van der Waals surface area contributed by atoms with Gasteiger partial charge in [-0.05, 0) is 75.6 Å². The molecule has 3 heterocycles. The minimum Gasteiger partial charge on any atom is -0.366 e. The van der Waals surface area contributed by atoms with Crippen LogP contribution in [-0.2, 0) is 4.79 Å². The van der Waals surface area contributed by atoms with Crippen molar-refractivity contribution in [2.75, 3.05) is 37.6 Å². The molecule has 0 radical (unpaired) electrons. The highest BCUT2D eigenvalue weighted by Gasteiger charge is 2.47. The minimum atomic E-state index is -0.444. The Morgan fingerprint density at radius 2 is 2.12 bits per heavy atom. The SMILES string of the molecule is C[C@@H]1CN(CC2CCC3C(C2)NC(=O)C2CCCNC23)CCN1c1ccc(C#N)c(F)c1. The van der Waals surface area contributed by atoms with Crippen molar-refractivity contribution in [1.29, 1.82) is 5.26 Å². The quantitative estimate of drug-likeness (QED) is 0.757. The Hall–Kier alpha value is -2.17. The van der Waals surface area contributed by atoms with E-state index in [0.29, 0.717) is 23.9 Å². The molecule has 0 bridgehead atoms. The van der Waals surface area contributed by atoms with Gasteiger partial charge in [0.1, 0.15) is 11.9 Å². The third-order valence-electron chi connectivity index (χ3n) is 8.28. The number of carbonyl (C=O) groups is 1. The van der Waals surface area contributed by atoms with Crippen molar-refractivity contribution in [1.82, 2.24) is 15.5 Å². The predicted molar refractivity (Wildman–Crippen MR) is 122 cm³/mol. The van der Waals surface area contributed by atoms with Crippen molar-refractivity contribution in [3.05, 3.63) is 29.6 Å². The maximum atomic E-state index is 14.1. The molecule has 4 aliphatic rings. The summed E-state index contributed by atoms with van der Waals surface area (Å²) in [5, 5.41) is 16.0. The normalized spacial score (nSPS) is 35.4. The number of piperidine rings is 2. The van der Waals surface area contributed by atoms with Crippen LogP contribution in [0.4, 0.5) is 10.1 Å². The molecular formula is C25H34FN5O. The molecule has 172 valence electrons. The number of hydrogen-bond acceptors (Lipinski definition) is 5. The van der Waals surface area contributed by atoms with Crippen molar-refractivity contribution in [3.63, 3.8) is 0 Å². The van der Waals surface area contributed by atoms with Crippen LogP contribution >= 0.6 is 0 Å². The van der Waals surface area contributed by atoms with Crippen LogP contribution in [0.2, 0.25) is 0 Å². The summed E-state index contributed by atoms with van der Waals surface area (Å²) >= 11 is 0. The monoisotopic (exact) mass is 439 g/mol. The van der Waals surface area contributed by atoms with Gasteiger partial charge in [0.05, 0.1) is 11.5 Å². The average Bonchev–Trinajstić information content (AvgIpc) is 2.79. The topological polar surface area (TPSA) is 71.4 Å². The van der Waals surface area contributed by atoms with Crippen molar-refractivity contribution in [2.24, 2.45) is 17.8 Å². The molecule has 4 fully saturated rings. The fraction of sp³-hybridized carbons (Fsp3) is 0.680. The van der Waals surface area contributed by atoms with Gasteiger partial charge in [-0.15, -0.1) is 0 Å². The van der Waals surface area contributed by atoms with E-state index < -0.39 is 5.82 Å². The van der Waals surface area contributed by atoms with E-state index in [1.165, 1.54) is 18.9 Å². The van der Waals surface area contributed by atoms with Gasteiger partial charge < -0.3 is 15.5 Å². The van der Waals surface area contributed by atoms with Gasteiger partial charge in [-0.3, -0.25) is 9.69 Å². The molecule has 6 nitrogen and oxygen atoms in total. The summed E-state index contributed by atoms with van der Waals surface area (Å²) < 4.78 is 14.1. The fourth-order valence-corrected chi connectivity index (χ4v) is 6.71. The molecule has 1 aromatic carbocycles. The van der Waals surface area contributed by atoms with Crippen LogP contribution in [0.3, 0.4) is 0 Å². The highest BCUT2D eigenvalue weighted by Crippen LogP contribution is 2.39. The number of hydrogen-bond donors (Lipinski definition) is 2. The lowest BCUT2D eigenvalue weighted by atomic mass is 9.67. The van der Waals surface area contributed by atoms with E-state index in [-0.39, 0.29) is 23.4 Å². The molecule has 6 atom stereocenters. The number of fused-ring (bicyclic) bond motifs is 3. The van der Waals surface area contributed by atoms with Gasteiger partial charge in [-0.1, -0.05) is 0 Å². The molecular weight excluding hydrogens is 405 g/mol. The van der Waals surface area contributed by atoms with Crippen LogP contribution in [0.1, 0.15) is 44.6 Å². The van der Waals surface area contributed by atoms with E-state index >= 15 is 0 Å². The van der Waals surface area contributed by atoms with Crippen LogP contribution in [-0.4, -0.2) is 61.7 Å². The summed E-state index contributed by atoms with van der Waals surface area (Å²) in [4.78, 5) is 17.4.